The molecule has 5 rings (SSSR count). The molecular formula is C32H35ClFNO3. The Morgan fingerprint density at radius 3 is 2.47 bits per heavy atom. The van der Waals surface area contributed by atoms with Crippen LogP contribution in [-0.2, 0) is 6.42 Å². The molecule has 3 aromatic rings. The fourth-order valence-electron chi connectivity index (χ4n) is 5.46. The summed E-state index contributed by atoms with van der Waals surface area (Å²) in [5.74, 6) is -0.0861. The van der Waals surface area contributed by atoms with Crippen LogP contribution in [0, 0.1) is 0 Å². The summed E-state index contributed by atoms with van der Waals surface area (Å²) in [6, 6.07) is 21.6. The van der Waals surface area contributed by atoms with Crippen molar-refractivity contribution in [3.63, 3.8) is 0 Å². The maximum Gasteiger partial charge on any atom is 0.335 e. The molecule has 1 aliphatic carbocycles. The number of halogens is 2. The summed E-state index contributed by atoms with van der Waals surface area (Å²) in [7, 11) is 0. The fourth-order valence-corrected chi connectivity index (χ4v) is 5.59. The first-order valence-electron chi connectivity index (χ1n) is 12.9. The van der Waals surface area contributed by atoms with E-state index in [1.54, 1.807) is 6.07 Å². The number of fused-ring (bicyclic) bond motifs is 1. The van der Waals surface area contributed by atoms with Crippen LogP contribution in [0.5, 0.6) is 5.75 Å². The summed E-state index contributed by atoms with van der Waals surface area (Å²) in [5, 5.41) is 10.2. The molecule has 1 aliphatic heterocycles. The molecule has 1 heterocycles. The predicted octanol–water partition coefficient (Wildman–Crippen LogP) is 7.78. The zero-order valence-electron chi connectivity index (χ0n) is 20.8. The highest BCUT2D eigenvalue weighted by Gasteiger charge is 2.24. The summed E-state index contributed by atoms with van der Waals surface area (Å²) in [6.07, 6.45) is 4.25. The van der Waals surface area contributed by atoms with Gasteiger partial charge in [-0.1, -0.05) is 49.4 Å². The van der Waals surface area contributed by atoms with Crippen molar-refractivity contribution in [1.82, 2.24) is 4.90 Å². The van der Waals surface area contributed by atoms with Crippen molar-refractivity contribution in [1.29, 1.82) is 0 Å². The average Bonchev–Trinajstić information content (AvgIpc) is 3.26. The van der Waals surface area contributed by atoms with Gasteiger partial charge < -0.3 is 9.84 Å². The number of carboxylic acid groups (broad SMARTS) is 1. The van der Waals surface area contributed by atoms with Crippen LogP contribution in [0.2, 0.25) is 5.02 Å². The molecule has 0 amide bonds. The van der Waals surface area contributed by atoms with Crippen LogP contribution in [0.15, 0.2) is 66.7 Å². The lowest BCUT2D eigenvalue weighted by atomic mass is 9.87. The lowest BCUT2D eigenvalue weighted by molar-refractivity contribution is 0.0696. The van der Waals surface area contributed by atoms with Crippen molar-refractivity contribution in [2.24, 2.45) is 0 Å². The molecule has 1 atom stereocenters. The van der Waals surface area contributed by atoms with Gasteiger partial charge in [0.1, 0.15) is 11.9 Å². The molecule has 0 aromatic heterocycles. The molecule has 3 aromatic carbocycles. The van der Waals surface area contributed by atoms with Gasteiger partial charge in [-0.2, -0.15) is 0 Å². The smallest absolute Gasteiger partial charge is 0.335 e. The number of ether oxygens (including phenoxy) is 1. The third-order valence-corrected chi connectivity index (χ3v) is 7.52. The van der Waals surface area contributed by atoms with E-state index in [4.69, 9.17) is 16.3 Å². The Labute approximate surface area is 229 Å². The van der Waals surface area contributed by atoms with Gasteiger partial charge in [-0.25, -0.2) is 4.79 Å². The molecule has 0 radical (unpaired) electrons. The second kappa shape index (κ2) is 12.6. The maximum atomic E-state index is 12.5. The van der Waals surface area contributed by atoms with Crippen LogP contribution in [0.4, 0.5) is 4.39 Å². The molecule has 4 nitrogen and oxygen atoms in total. The fraction of sp³-hybridized carbons (Fsp3) is 0.344. The van der Waals surface area contributed by atoms with Crippen molar-refractivity contribution < 1.29 is 19.0 Å². The minimum Gasteiger partial charge on any atom is -0.489 e. The van der Waals surface area contributed by atoms with Gasteiger partial charge >= 0.3 is 5.97 Å². The lowest BCUT2D eigenvalue weighted by Crippen LogP contribution is -2.26. The van der Waals surface area contributed by atoms with Crippen molar-refractivity contribution in [2.45, 2.75) is 45.6 Å². The number of allylic oxidation sites excluding steroid dienone is 1. The van der Waals surface area contributed by atoms with Crippen LogP contribution < -0.4 is 4.74 Å². The van der Waals surface area contributed by atoms with Crippen molar-refractivity contribution in [2.75, 3.05) is 26.3 Å². The van der Waals surface area contributed by atoms with Crippen LogP contribution >= 0.6 is 11.6 Å². The molecule has 6 heteroatoms. The number of aryl methyl sites for hydroxylation is 1. The first-order valence-corrected chi connectivity index (χ1v) is 13.3. The van der Waals surface area contributed by atoms with Gasteiger partial charge in [0.2, 0.25) is 0 Å². The van der Waals surface area contributed by atoms with E-state index < -0.39 is 5.97 Å². The Morgan fingerprint density at radius 1 is 1.03 bits per heavy atom. The van der Waals surface area contributed by atoms with Gasteiger partial charge in [0.15, 0.2) is 0 Å². The summed E-state index contributed by atoms with van der Waals surface area (Å²) in [6.45, 7) is 2.26. The predicted molar refractivity (Wildman–Crippen MR) is 153 cm³/mol. The Balaban J connectivity index is 0.00000336. The van der Waals surface area contributed by atoms with E-state index in [2.05, 4.69) is 29.2 Å². The standard InChI is InChI=1S/C31H31ClFNO3.CH4/c32-25-10-5-21(6-11-25)28-4-1-3-23-19-24(31(35)36)9-14-29(23)30(28)22-7-12-26(13-8-22)37-27-15-18-34(20-27)17-2-16-33;/h5-14,19,27H,1-4,15-18,20H2,(H,35,36);1H4/t27-;/m0./s1. The Bertz CT molecular complexity index is 1290. The lowest BCUT2D eigenvalue weighted by Gasteiger charge is -2.19. The van der Waals surface area contributed by atoms with Gasteiger partial charge in [0.25, 0.3) is 0 Å². The van der Waals surface area contributed by atoms with Gasteiger partial charge in [0, 0.05) is 24.7 Å². The van der Waals surface area contributed by atoms with Gasteiger partial charge in [-0.3, -0.25) is 9.29 Å². The van der Waals surface area contributed by atoms with Gasteiger partial charge in [-0.15, -0.1) is 0 Å². The van der Waals surface area contributed by atoms with Gasteiger partial charge in [0.05, 0.1) is 12.2 Å². The van der Waals surface area contributed by atoms with Crippen molar-refractivity contribution in [3.8, 4) is 5.75 Å². The molecule has 0 bridgehead atoms. The van der Waals surface area contributed by atoms with E-state index in [0.29, 0.717) is 17.0 Å². The number of alkyl halides is 1. The van der Waals surface area contributed by atoms with E-state index in [1.165, 1.54) is 5.57 Å². The highest BCUT2D eigenvalue weighted by Crippen LogP contribution is 2.40. The molecule has 0 spiro atoms. The summed E-state index contributed by atoms with van der Waals surface area (Å²) in [4.78, 5) is 13.9. The zero-order valence-corrected chi connectivity index (χ0v) is 21.5. The second-order valence-electron chi connectivity index (χ2n) is 9.79. The van der Waals surface area contributed by atoms with E-state index in [1.807, 2.05) is 36.4 Å². The van der Waals surface area contributed by atoms with Crippen LogP contribution in [0.25, 0.3) is 11.1 Å². The average molecular weight is 536 g/mol. The van der Waals surface area contributed by atoms with E-state index in [9.17, 15) is 14.3 Å². The van der Waals surface area contributed by atoms with Crippen molar-refractivity contribution in [3.05, 3.63) is 99.6 Å². The highest BCUT2D eigenvalue weighted by atomic mass is 35.5. The summed E-state index contributed by atoms with van der Waals surface area (Å²) >= 11 is 6.18. The highest BCUT2D eigenvalue weighted by molar-refractivity contribution is 6.30. The first-order chi connectivity index (χ1) is 18.0. The molecular weight excluding hydrogens is 501 g/mol. The molecule has 1 fully saturated rings. The topological polar surface area (TPSA) is 49.8 Å². The third-order valence-electron chi connectivity index (χ3n) is 7.27. The Hall–Kier alpha value is -3.15. The molecule has 0 unspecified atom stereocenters. The van der Waals surface area contributed by atoms with Gasteiger partial charge in [-0.05, 0) is 102 Å². The number of likely N-dealkylation sites (tertiary alicyclic amines) is 1. The minimum absolute atomic E-state index is 0. The molecule has 1 saturated heterocycles. The largest absolute Gasteiger partial charge is 0.489 e. The van der Waals surface area contributed by atoms with Crippen LogP contribution in [-0.4, -0.2) is 48.4 Å². The summed E-state index contributed by atoms with van der Waals surface area (Å²) < 4.78 is 18.8. The quantitative estimate of drug-likeness (QED) is 0.320. The monoisotopic (exact) mass is 535 g/mol. The maximum absolute atomic E-state index is 12.5. The minimum atomic E-state index is -0.910. The number of benzene rings is 3. The van der Waals surface area contributed by atoms with Crippen molar-refractivity contribution >= 4 is 28.7 Å². The number of hydrogen-bond acceptors (Lipinski definition) is 3. The third kappa shape index (κ3) is 6.28. The van der Waals surface area contributed by atoms with Crippen LogP contribution in [0.1, 0.15) is 65.7 Å². The number of hydrogen-bond donors (Lipinski definition) is 1. The number of carbonyl (C=O) groups is 1. The first kappa shape index (κ1) is 27.9. The van der Waals surface area contributed by atoms with E-state index in [0.717, 1.165) is 78.9 Å². The zero-order chi connectivity index (χ0) is 25.8. The second-order valence-corrected chi connectivity index (χ2v) is 10.2. The normalized spacial score (nSPS) is 17.5. The number of carboxylic acids is 1. The Morgan fingerprint density at radius 2 is 1.76 bits per heavy atom. The SMILES string of the molecule is C.O=C(O)c1ccc2c(c1)CCCC(c1ccc(Cl)cc1)=C2c1ccc(O[C@H]2CCN(CCCF)C2)cc1. The summed E-state index contributed by atoms with van der Waals surface area (Å²) in [5.41, 5.74) is 6.98. The molecule has 0 saturated carbocycles. The number of aromatic carboxylic acids is 1. The molecule has 1 N–H and O–H groups in total. The Kier molecular flexibility index (Phi) is 9.24. The van der Waals surface area contributed by atoms with E-state index in [-0.39, 0.29) is 20.2 Å². The van der Waals surface area contributed by atoms with Crippen LogP contribution in [0.3, 0.4) is 0 Å². The molecule has 38 heavy (non-hydrogen) atoms. The van der Waals surface area contributed by atoms with E-state index >= 15 is 0 Å². The molecule has 200 valence electrons. The number of nitrogens with zero attached hydrogens (tertiary/aromatic N) is 1. The number of rotatable bonds is 8. The molecule has 2 aliphatic rings.